The van der Waals surface area contributed by atoms with Crippen LogP contribution in [0.2, 0.25) is 0 Å². The second kappa shape index (κ2) is 6.01. The average Bonchev–Trinajstić information content (AvgIpc) is 2.93. The zero-order chi connectivity index (χ0) is 16.3. The minimum atomic E-state index is -1.48. The highest BCUT2D eigenvalue weighted by atomic mass is 16.4. The zero-order valence-corrected chi connectivity index (χ0v) is 12.8. The van der Waals surface area contributed by atoms with Crippen molar-refractivity contribution in [2.75, 3.05) is 0 Å². The summed E-state index contributed by atoms with van der Waals surface area (Å²) in [6.07, 6.45) is 3.34. The van der Waals surface area contributed by atoms with Crippen LogP contribution >= 0.6 is 0 Å². The summed E-state index contributed by atoms with van der Waals surface area (Å²) in [6.45, 7) is 3.21. The quantitative estimate of drug-likeness (QED) is 0.879. The van der Waals surface area contributed by atoms with Crippen LogP contribution in [0.15, 0.2) is 42.7 Å². The van der Waals surface area contributed by atoms with Crippen molar-refractivity contribution < 1.29 is 14.7 Å². The molecule has 1 heterocycles. The Morgan fingerprint density at radius 1 is 1.32 bits per heavy atom. The number of carbonyl (C=O) groups excluding carboxylic acids is 1. The van der Waals surface area contributed by atoms with E-state index in [9.17, 15) is 14.7 Å². The third-order valence-electron chi connectivity index (χ3n) is 3.77. The monoisotopic (exact) mass is 301 g/mol. The highest BCUT2D eigenvalue weighted by Crippen LogP contribution is 2.23. The number of aryl methyl sites for hydroxylation is 1. The molecule has 2 atom stereocenters. The third kappa shape index (κ3) is 3.00. The Hall–Kier alpha value is -2.63. The number of carbonyl (C=O) groups is 2. The van der Waals surface area contributed by atoms with Gasteiger partial charge in [-0.2, -0.15) is 5.10 Å². The smallest absolute Gasteiger partial charge is 0.333 e. The summed E-state index contributed by atoms with van der Waals surface area (Å²) in [4.78, 5) is 24.1. The lowest BCUT2D eigenvalue weighted by Crippen LogP contribution is -2.50. The van der Waals surface area contributed by atoms with Crippen LogP contribution in [-0.4, -0.2) is 26.8 Å². The van der Waals surface area contributed by atoms with E-state index >= 15 is 0 Å². The largest absolute Gasteiger partial charge is 0.479 e. The first-order chi connectivity index (χ1) is 10.3. The van der Waals surface area contributed by atoms with Crippen LogP contribution in [0.5, 0.6) is 0 Å². The fourth-order valence-corrected chi connectivity index (χ4v) is 2.19. The zero-order valence-electron chi connectivity index (χ0n) is 12.8. The van der Waals surface area contributed by atoms with Crippen LogP contribution in [0.25, 0.3) is 0 Å². The van der Waals surface area contributed by atoms with Gasteiger partial charge in [-0.25, -0.2) is 4.79 Å². The summed E-state index contributed by atoms with van der Waals surface area (Å²) in [6, 6.07) is 8.65. The molecular weight excluding hydrogens is 282 g/mol. The highest BCUT2D eigenvalue weighted by Gasteiger charge is 2.38. The summed E-state index contributed by atoms with van der Waals surface area (Å²) in [5.41, 5.74) is -0.218. The van der Waals surface area contributed by atoms with Crippen molar-refractivity contribution in [1.82, 2.24) is 15.1 Å². The summed E-state index contributed by atoms with van der Waals surface area (Å²) in [5, 5.41) is 16.2. The molecule has 0 fully saturated rings. The van der Waals surface area contributed by atoms with Gasteiger partial charge in [0.15, 0.2) is 5.54 Å². The van der Waals surface area contributed by atoms with Crippen molar-refractivity contribution in [3.63, 3.8) is 0 Å². The summed E-state index contributed by atoms with van der Waals surface area (Å²) in [5.74, 6) is -1.96. The van der Waals surface area contributed by atoms with Crippen molar-refractivity contribution in [2.45, 2.75) is 25.3 Å². The fraction of sp³-hybridized carbons (Fsp3) is 0.312. The second-order valence-corrected chi connectivity index (χ2v) is 5.45. The molecule has 1 aromatic heterocycles. The van der Waals surface area contributed by atoms with Gasteiger partial charge in [0.25, 0.3) is 0 Å². The molecule has 6 heteroatoms. The minimum absolute atomic E-state index is 0.359. The highest BCUT2D eigenvalue weighted by molar-refractivity contribution is 5.90. The SMILES string of the molecule is CC(C(=O)NC(C)(C(=O)O)c1ccccc1)c1cnn(C)c1. The van der Waals surface area contributed by atoms with Crippen molar-refractivity contribution in [3.05, 3.63) is 53.9 Å². The van der Waals surface area contributed by atoms with E-state index in [1.165, 1.54) is 6.92 Å². The van der Waals surface area contributed by atoms with Gasteiger partial charge < -0.3 is 10.4 Å². The number of hydrogen-bond donors (Lipinski definition) is 2. The predicted molar refractivity (Wildman–Crippen MR) is 81.2 cm³/mol. The minimum Gasteiger partial charge on any atom is -0.479 e. The Labute approximate surface area is 128 Å². The van der Waals surface area contributed by atoms with Crippen molar-refractivity contribution >= 4 is 11.9 Å². The topological polar surface area (TPSA) is 84.2 Å². The molecule has 2 aromatic rings. The van der Waals surface area contributed by atoms with Crippen molar-refractivity contribution in [2.24, 2.45) is 7.05 Å². The van der Waals surface area contributed by atoms with Gasteiger partial charge in [-0.1, -0.05) is 30.3 Å². The van der Waals surface area contributed by atoms with Gasteiger partial charge in [-0.05, 0) is 19.4 Å². The van der Waals surface area contributed by atoms with E-state index < -0.39 is 17.4 Å². The maximum atomic E-state index is 12.4. The number of benzene rings is 1. The average molecular weight is 301 g/mol. The molecule has 0 aliphatic heterocycles. The Bertz CT molecular complexity index is 681. The number of carboxylic acid groups (broad SMARTS) is 1. The number of rotatable bonds is 5. The van der Waals surface area contributed by atoms with Crippen molar-refractivity contribution in [1.29, 1.82) is 0 Å². The van der Waals surface area contributed by atoms with Crippen LogP contribution in [0, 0.1) is 0 Å². The maximum absolute atomic E-state index is 12.4. The number of amides is 1. The molecule has 0 saturated carbocycles. The second-order valence-electron chi connectivity index (χ2n) is 5.45. The van der Waals surface area contributed by atoms with Gasteiger partial charge in [-0.3, -0.25) is 9.48 Å². The molecule has 2 unspecified atom stereocenters. The molecule has 2 N–H and O–H groups in total. The van der Waals surface area contributed by atoms with Gasteiger partial charge in [-0.15, -0.1) is 0 Å². The molecule has 0 aliphatic rings. The van der Waals surface area contributed by atoms with Crippen LogP contribution in [0.3, 0.4) is 0 Å². The first-order valence-corrected chi connectivity index (χ1v) is 6.94. The van der Waals surface area contributed by atoms with E-state index in [4.69, 9.17) is 0 Å². The molecule has 116 valence electrons. The van der Waals surface area contributed by atoms with Crippen LogP contribution in [0.1, 0.15) is 30.9 Å². The number of aliphatic carboxylic acids is 1. The Morgan fingerprint density at radius 3 is 2.45 bits per heavy atom. The molecule has 1 amide bonds. The van der Waals surface area contributed by atoms with E-state index in [2.05, 4.69) is 10.4 Å². The van der Waals surface area contributed by atoms with Gasteiger partial charge in [0.2, 0.25) is 5.91 Å². The van der Waals surface area contributed by atoms with E-state index in [1.807, 2.05) is 0 Å². The van der Waals surface area contributed by atoms with Crippen molar-refractivity contribution in [3.8, 4) is 0 Å². The van der Waals surface area contributed by atoms with Crippen LogP contribution in [-0.2, 0) is 22.2 Å². The molecular formula is C16H19N3O3. The van der Waals surface area contributed by atoms with Gasteiger partial charge in [0, 0.05) is 18.8 Å². The molecule has 0 radical (unpaired) electrons. The number of nitrogens with zero attached hydrogens (tertiary/aromatic N) is 2. The number of nitrogens with one attached hydrogen (secondary N) is 1. The lowest BCUT2D eigenvalue weighted by Gasteiger charge is -2.28. The molecule has 0 saturated heterocycles. The number of hydrogen-bond acceptors (Lipinski definition) is 3. The standard InChI is InChI=1S/C16H19N3O3/c1-11(12-9-17-19(3)10-12)14(20)18-16(2,15(21)22)13-7-5-4-6-8-13/h4-11H,1-3H3,(H,18,20)(H,21,22). The Kier molecular flexibility index (Phi) is 4.30. The summed E-state index contributed by atoms with van der Waals surface area (Å²) < 4.78 is 1.60. The molecule has 6 nitrogen and oxygen atoms in total. The predicted octanol–water partition coefficient (Wildman–Crippen LogP) is 1.64. The molecule has 0 aliphatic carbocycles. The van der Waals surface area contributed by atoms with E-state index in [0.29, 0.717) is 5.56 Å². The third-order valence-corrected chi connectivity index (χ3v) is 3.77. The maximum Gasteiger partial charge on any atom is 0.333 e. The molecule has 0 bridgehead atoms. The first-order valence-electron chi connectivity index (χ1n) is 6.94. The van der Waals surface area contributed by atoms with E-state index in [1.54, 1.807) is 61.4 Å². The normalized spacial score (nSPS) is 14.9. The fourth-order valence-electron chi connectivity index (χ4n) is 2.19. The lowest BCUT2D eigenvalue weighted by molar-refractivity contribution is -0.147. The van der Waals surface area contributed by atoms with Gasteiger partial charge in [0.05, 0.1) is 12.1 Å². The molecule has 0 spiro atoms. The van der Waals surface area contributed by atoms with E-state index in [0.717, 1.165) is 5.56 Å². The Balaban J connectivity index is 2.25. The summed E-state index contributed by atoms with van der Waals surface area (Å²) in [7, 11) is 1.76. The van der Waals surface area contributed by atoms with Crippen LogP contribution < -0.4 is 5.32 Å². The molecule has 2 rings (SSSR count). The number of aromatic nitrogens is 2. The summed E-state index contributed by atoms with van der Waals surface area (Å²) >= 11 is 0. The molecule has 22 heavy (non-hydrogen) atoms. The first kappa shape index (κ1) is 15.8. The Morgan fingerprint density at radius 2 is 1.95 bits per heavy atom. The lowest BCUT2D eigenvalue weighted by atomic mass is 9.90. The van der Waals surface area contributed by atoms with Gasteiger partial charge >= 0.3 is 5.97 Å². The number of carboxylic acids is 1. The van der Waals surface area contributed by atoms with Crippen LogP contribution in [0.4, 0.5) is 0 Å². The van der Waals surface area contributed by atoms with Gasteiger partial charge in [0.1, 0.15) is 0 Å². The van der Waals surface area contributed by atoms with E-state index in [-0.39, 0.29) is 5.91 Å². The molecule has 1 aromatic carbocycles.